The standard InChI is InChI=1S/C17H13F3N4O2/c1-24-7-9-4-8(6-21-15(9)23-24)13-3-2-10(11-5-12(11)16(25)26)14(22-13)17(18,19)20/h2-4,6-7,11-12H,5H2,1H3,(H,25,26)/t11-,12+/m1/s1. The van der Waals surface area contributed by atoms with Crippen molar-refractivity contribution < 1.29 is 23.1 Å². The summed E-state index contributed by atoms with van der Waals surface area (Å²) in [5.41, 5.74) is -0.0368. The summed E-state index contributed by atoms with van der Waals surface area (Å²) in [6, 6.07) is 4.47. The van der Waals surface area contributed by atoms with Gasteiger partial charge in [-0.25, -0.2) is 9.97 Å². The molecule has 1 fully saturated rings. The molecule has 3 aromatic rings. The molecule has 0 radical (unpaired) electrons. The second-order valence-corrected chi connectivity index (χ2v) is 6.36. The van der Waals surface area contributed by atoms with Gasteiger partial charge >= 0.3 is 12.1 Å². The summed E-state index contributed by atoms with van der Waals surface area (Å²) in [7, 11) is 1.73. The van der Waals surface area contributed by atoms with Gasteiger partial charge < -0.3 is 5.11 Å². The predicted octanol–water partition coefficient (Wildman–Crippen LogP) is 3.24. The highest BCUT2D eigenvalue weighted by Crippen LogP contribution is 2.51. The first kappa shape index (κ1) is 16.5. The number of aromatic nitrogens is 4. The van der Waals surface area contributed by atoms with Crippen LogP contribution in [0.3, 0.4) is 0 Å². The van der Waals surface area contributed by atoms with Crippen molar-refractivity contribution in [2.75, 3.05) is 0 Å². The summed E-state index contributed by atoms with van der Waals surface area (Å²) < 4.78 is 42.0. The van der Waals surface area contributed by atoms with Crippen LogP contribution in [-0.2, 0) is 18.0 Å². The number of aliphatic carboxylic acids is 1. The molecule has 1 aliphatic carbocycles. The Labute approximate surface area is 145 Å². The van der Waals surface area contributed by atoms with Gasteiger partial charge in [-0.3, -0.25) is 9.48 Å². The molecule has 1 aliphatic rings. The molecule has 3 aromatic heterocycles. The average molecular weight is 362 g/mol. The van der Waals surface area contributed by atoms with Crippen molar-refractivity contribution in [3.8, 4) is 11.3 Å². The van der Waals surface area contributed by atoms with Gasteiger partial charge in [-0.1, -0.05) is 6.07 Å². The molecule has 134 valence electrons. The molecule has 0 aliphatic heterocycles. The van der Waals surface area contributed by atoms with E-state index in [2.05, 4.69) is 15.1 Å². The van der Waals surface area contributed by atoms with Crippen LogP contribution in [0.25, 0.3) is 22.3 Å². The maximum absolute atomic E-state index is 13.5. The van der Waals surface area contributed by atoms with Crippen LogP contribution in [0.2, 0.25) is 0 Å². The minimum Gasteiger partial charge on any atom is -0.481 e. The highest BCUT2D eigenvalue weighted by molar-refractivity contribution is 5.80. The van der Waals surface area contributed by atoms with Crippen molar-refractivity contribution in [2.24, 2.45) is 13.0 Å². The van der Waals surface area contributed by atoms with Gasteiger partial charge in [-0.2, -0.15) is 18.3 Å². The lowest BCUT2D eigenvalue weighted by atomic mass is 10.0. The molecule has 1 N–H and O–H groups in total. The van der Waals surface area contributed by atoms with Crippen LogP contribution in [0.5, 0.6) is 0 Å². The van der Waals surface area contributed by atoms with Gasteiger partial charge in [0.05, 0.1) is 11.6 Å². The summed E-state index contributed by atoms with van der Waals surface area (Å²) in [6.07, 6.45) is -1.33. The normalized spacial score (nSPS) is 19.7. The number of rotatable bonds is 3. The van der Waals surface area contributed by atoms with Crippen molar-refractivity contribution >= 4 is 17.0 Å². The number of alkyl halides is 3. The lowest BCUT2D eigenvalue weighted by Gasteiger charge is -2.13. The number of aryl methyl sites for hydroxylation is 1. The van der Waals surface area contributed by atoms with Gasteiger partial charge in [-0.15, -0.1) is 0 Å². The maximum Gasteiger partial charge on any atom is 0.433 e. The third-order valence-electron chi connectivity index (χ3n) is 4.47. The highest BCUT2D eigenvalue weighted by atomic mass is 19.4. The molecule has 3 heterocycles. The fourth-order valence-electron chi connectivity index (χ4n) is 3.14. The van der Waals surface area contributed by atoms with Crippen LogP contribution >= 0.6 is 0 Å². The van der Waals surface area contributed by atoms with Crippen molar-refractivity contribution in [2.45, 2.75) is 18.5 Å². The Morgan fingerprint density at radius 2 is 2.12 bits per heavy atom. The predicted molar refractivity (Wildman–Crippen MR) is 85.2 cm³/mol. The van der Waals surface area contributed by atoms with Crippen LogP contribution in [0.15, 0.2) is 30.6 Å². The number of carboxylic acid groups (broad SMARTS) is 1. The van der Waals surface area contributed by atoms with E-state index >= 15 is 0 Å². The maximum atomic E-state index is 13.5. The average Bonchev–Trinajstić information content (AvgIpc) is 3.28. The monoisotopic (exact) mass is 362 g/mol. The van der Waals surface area contributed by atoms with Crippen LogP contribution in [-0.4, -0.2) is 30.8 Å². The van der Waals surface area contributed by atoms with Gasteiger partial charge in [0.25, 0.3) is 0 Å². The first-order valence-corrected chi connectivity index (χ1v) is 7.85. The Bertz CT molecular complexity index is 1030. The number of fused-ring (bicyclic) bond motifs is 1. The lowest BCUT2D eigenvalue weighted by molar-refractivity contribution is -0.142. The second-order valence-electron chi connectivity index (χ2n) is 6.36. The lowest BCUT2D eigenvalue weighted by Crippen LogP contribution is -2.13. The first-order valence-electron chi connectivity index (χ1n) is 7.85. The summed E-state index contributed by atoms with van der Waals surface area (Å²) in [4.78, 5) is 18.9. The van der Waals surface area contributed by atoms with E-state index in [1.807, 2.05) is 0 Å². The molecule has 0 amide bonds. The minimum absolute atomic E-state index is 0.0657. The molecule has 0 unspecified atom stereocenters. The molecule has 6 nitrogen and oxygen atoms in total. The molecule has 4 rings (SSSR count). The SMILES string of the molecule is Cn1cc2cc(-c3ccc([C@H]4C[C@@H]4C(=O)O)c(C(F)(F)F)n3)cnc2n1. The molecular weight excluding hydrogens is 349 g/mol. The summed E-state index contributed by atoms with van der Waals surface area (Å²) in [5, 5.41) is 13.8. The van der Waals surface area contributed by atoms with Crippen molar-refractivity contribution in [1.82, 2.24) is 19.7 Å². The Morgan fingerprint density at radius 3 is 2.77 bits per heavy atom. The zero-order chi connectivity index (χ0) is 18.6. The fourth-order valence-corrected chi connectivity index (χ4v) is 3.14. The number of pyridine rings is 2. The number of carboxylic acids is 1. The van der Waals surface area contributed by atoms with E-state index in [9.17, 15) is 18.0 Å². The van der Waals surface area contributed by atoms with E-state index in [-0.39, 0.29) is 17.7 Å². The topological polar surface area (TPSA) is 80.9 Å². The van der Waals surface area contributed by atoms with E-state index < -0.39 is 29.7 Å². The highest BCUT2D eigenvalue weighted by Gasteiger charge is 2.49. The number of halogens is 3. The molecular formula is C17H13F3N4O2. The number of hydrogen-bond donors (Lipinski definition) is 1. The van der Waals surface area contributed by atoms with Crippen molar-refractivity contribution in [3.63, 3.8) is 0 Å². The zero-order valence-electron chi connectivity index (χ0n) is 13.5. The Hall–Kier alpha value is -2.97. The van der Waals surface area contributed by atoms with Crippen molar-refractivity contribution in [3.05, 3.63) is 41.9 Å². The molecule has 26 heavy (non-hydrogen) atoms. The number of nitrogens with zero attached hydrogens (tertiary/aromatic N) is 4. The molecule has 1 saturated carbocycles. The van der Waals surface area contributed by atoms with E-state index in [1.54, 1.807) is 24.0 Å². The largest absolute Gasteiger partial charge is 0.481 e. The van der Waals surface area contributed by atoms with Gasteiger partial charge in [-0.05, 0) is 24.1 Å². The van der Waals surface area contributed by atoms with E-state index in [4.69, 9.17) is 5.11 Å². The minimum atomic E-state index is -4.66. The smallest absolute Gasteiger partial charge is 0.433 e. The van der Waals surface area contributed by atoms with Gasteiger partial charge in [0.15, 0.2) is 5.65 Å². The van der Waals surface area contributed by atoms with Crippen LogP contribution in [0.4, 0.5) is 13.2 Å². The van der Waals surface area contributed by atoms with E-state index in [1.165, 1.54) is 18.3 Å². The molecule has 0 spiro atoms. The van der Waals surface area contributed by atoms with Crippen LogP contribution in [0.1, 0.15) is 23.6 Å². The fraction of sp³-hybridized carbons (Fsp3) is 0.294. The summed E-state index contributed by atoms with van der Waals surface area (Å²) in [5.74, 6) is -2.51. The number of hydrogen-bond acceptors (Lipinski definition) is 4. The molecule has 0 bridgehead atoms. The summed E-state index contributed by atoms with van der Waals surface area (Å²) in [6.45, 7) is 0. The summed E-state index contributed by atoms with van der Waals surface area (Å²) >= 11 is 0. The third kappa shape index (κ3) is 2.79. The molecule has 0 saturated heterocycles. The second kappa shape index (κ2) is 5.52. The number of carbonyl (C=O) groups is 1. The van der Waals surface area contributed by atoms with Gasteiger partial charge in [0.2, 0.25) is 0 Å². The molecule has 0 aromatic carbocycles. The van der Waals surface area contributed by atoms with Gasteiger partial charge in [0.1, 0.15) is 5.69 Å². The zero-order valence-corrected chi connectivity index (χ0v) is 13.5. The van der Waals surface area contributed by atoms with E-state index in [0.717, 1.165) is 0 Å². The Balaban J connectivity index is 1.78. The van der Waals surface area contributed by atoms with Crippen LogP contribution in [0, 0.1) is 5.92 Å². The van der Waals surface area contributed by atoms with Gasteiger partial charge in [0, 0.05) is 36.3 Å². The third-order valence-corrected chi connectivity index (χ3v) is 4.47. The van der Waals surface area contributed by atoms with Crippen molar-refractivity contribution in [1.29, 1.82) is 0 Å². The Morgan fingerprint density at radius 1 is 1.35 bits per heavy atom. The Kier molecular flexibility index (Phi) is 3.50. The molecule has 9 heteroatoms. The van der Waals surface area contributed by atoms with E-state index in [0.29, 0.717) is 16.6 Å². The quantitative estimate of drug-likeness (QED) is 0.774. The molecule has 2 atom stereocenters. The van der Waals surface area contributed by atoms with Crippen LogP contribution < -0.4 is 0 Å². The first-order chi connectivity index (χ1) is 12.2.